The predicted molar refractivity (Wildman–Crippen MR) is 90.6 cm³/mol. The van der Waals surface area contributed by atoms with E-state index in [1.54, 1.807) is 11.3 Å². The van der Waals surface area contributed by atoms with Crippen molar-refractivity contribution in [2.75, 3.05) is 26.2 Å². The number of aromatic nitrogens is 2. The number of hydrogen-bond donors (Lipinski definition) is 2. The third kappa shape index (κ3) is 3.30. The number of aliphatic hydroxyl groups excluding tert-OH is 1. The van der Waals surface area contributed by atoms with Crippen LogP contribution in [0.3, 0.4) is 0 Å². The van der Waals surface area contributed by atoms with Gasteiger partial charge < -0.3 is 10.4 Å². The van der Waals surface area contributed by atoms with Crippen molar-refractivity contribution in [2.24, 2.45) is 0 Å². The molecule has 2 fully saturated rings. The highest BCUT2D eigenvalue weighted by molar-refractivity contribution is 7.11. The molecule has 0 unspecified atom stereocenters. The minimum atomic E-state index is -0.311. The van der Waals surface area contributed by atoms with Crippen LogP contribution in [0, 0.1) is 0 Å². The molecule has 5 nitrogen and oxygen atoms in total. The lowest BCUT2D eigenvalue weighted by Gasteiger charge is -2.35. The molecule has 1 aromatic carbocycles. The lowest BCUT2D eigenvalue weighted by atomic mass is 9.87. The summed E-state index contributed by atoms with van der Waals surface area (Å²) in [6.07, 6.45) is 0.679. The number of benzene rings is 1. The number of likely N-dealkylation sites (tertiary alicyclic amines) is 1. The Labute approximate surface area is 140 Å². The average molecular weight is 330 g/mol. The molecule has 0 spiro atoms. The van der Waals surface area contributed by atoms with Crippen LogP contribution in [0.4, 0.5) is 0 Å². The maximum atomic E-state index is 10.5. The van der Waals surface area contributed by atoms with Crippen molar-refractivity contribution in [2.45, 2.75) is 30.9 Å². The van der Waals surface area contributed by atoms with E-state index in [1.807, 2.05) is 18.2 Å². The molecule has 0 aliphatic carbocycles. The zero-order valence-electron chi connectivity index (χ0n) is 13.1. The molecule has 2 aromatic rings. The molecule has 4 rings (SSSR count). The van der Waals surface area contributed by atoms with Crippen LogP contribution in [0.25, 0.3) is 0 Å². The minimum Gasteiger partial charge on any atom is -0.391 e. The Morgan fingerprint density at radius 1 is 1.22 bits per heavy atom. The van der Waals surface area contributed by atoms with Crippen LogP contribution in [0.1, 0.15) is 33.8 Å². The maximum absolute atomic E-state index is 10.5. The second-order valence-corrected chi connectivity index (χ2v) is 7.59. The third-order valence-corrected chi connectivity index (χ3v) is 5.94. The summed E-state index contributed by atoms with van der Waals surface area (Å²) in [4.78, 5) is 2.30. The van der Waals surface area contributed by atoms with Crippen LogP contribution in [-0.2, 0) is 6.54 Å². The molecule has 6 heteroatoms. The largest absolute Gasteiger partial charge is 0.391 e. The van der Waals surface area contributed by atoms with E-state index in [1.165, 1.54) is 5.56 Å². The molecule has 0 amide bonds. The predicted octanol–water partition coefficient (Wildman–Crippen LogP) is 1.58. The van der Waals surface area contributed by atoms with Gasteiger partial charge in [-0.3, -0.25) is 4.90 Å². The Hall–Kier alpha value is -1.34. The molecule has 2 N–H and O–H groups in total. The third-order valence-electron chi connectivity index (χ3n) is 4.87. The zero-order valence-corrected chi connectivity index (χ0v) is 13.9. The van der Waals surface area contributed by atoms with Gasteiger partial charge in [0.2, 0.25) is 0 Å². The van der Waals surface area contributed by atoms with Gasteiger partial charge in [-0.05, 0) is 18.5 Å². The van der Waals surface area contributed by atoms with Crippen LogP contribution in [-0.4, -0.2) is 52.5 Å². The van der Waals surface area contributed by atoms with Gasteiger partial charge >= 0.3 is 0 Å². The number of β-amino-alcohol motifs (C(OH)–C–C–N with tert-alkyl or cyclic N) is 1. The van der Waals surface area contributed by atoms with Crippen LogP contribution in [0.5, 0.6) is 0 Å². The van der Waals surface area contributed by atoms with E-state index < -0.39 is 0 Å². The first-order valence-corrected chi connectivity index (χ1v) is 9.09. The van der Waals surface area contributed by atoms with Gasteiger partial charge in [0.25, 0.3) is 0 Å². The summed E-state index contributed by atoms with van der Waals surface area (Å²) in [5, 5.41) is 24.7. The van der Waals surface area contributed by atoms with Gasteiger partial charge in [0.05, 0.1) is 12.6 Å². The summed E-state index contributed by atoms with van der Waals surface area (Å²) < 4.78 is 0. The number of nitrogens with zero attached hydrogens (tertiary/aromatic N) is 3. The standard InChI is InChI=1S/C17H22N4OS/c22-15-10-21(7-6-14(15)12-4-2-1-3-5-12)11-16-19-20-17(23-16)13-8-18-9-13/h1-5,13-15,18,22H,6-11H2/t14-,15+/m0/s1. The van der Waals surface area contributed by atoms with Crippen molar-refractivity contribution in [3.63, 3.8) is 0 Å². The van der Waals surface area contributed by atoms with Gasteiger partial charge in [0, 0.05) is 31.5 Å². The van der Waals surface area contributed by atoms with E-state index in [4.69, 9.17) is 0 Å². The molecule has 0 saturated carbocycles. The Morgan fingerprint density at radius 3 is 2.74 bits per heavy atom. The van der Waals surface area contributed by atoms with Crippen molar-refractivity contribution in [1.82, 2.24) is 20.4 Å². The highest BCUT2D eigenvalue weighted by atomic mass is 32.1. The minimum absolute atomic E-state index is 0.249. The van der Waals surface area contributed by atoms with Crippen LogP contribution in [0.2, 0.25) is 0 Å². The highest BCUT2D eigenvalue weighted by Crippen LogP contribution is 2.30. The van der Waals surface area contributed by atoms with E-state index in [-0.39, 0.29) is 12.0 Å². The number of hydrogen-bond acceptors (Lipinski definition) is 6. The van der Waals surface area contributed by atoms with Gasteiger partial charge in [-0.15, -0.1) is 10.2 Å². The van der Waals surface area contributed by atoms with Crippen molar-refractivity contribution in [3.05, 3.63) is 45.9 Å². The van der Waals surface area contributed by atoms with Gasteiger partial charge in [-0.1, -0.05) is 41.7 Å². The monoisotopic (exact) mass is 330 g/mol. The summed E-state index contributed by atoms with van der Waals surface area (Å²) in [6, 6.07) is 10.4. The van der Waals surface area contributed by atoms with Gasteiger partial charge in [0.15, 0.2) is 0 Å². The lowest BCUT2D eigenvalue weighted by Crippen LogP contribution is -2.42. The summed E-state index contributed by atoms with van der Waals surface area (Å²) in [5.74, 6) is 0.800. The number of nitrogens with one attached hydrogen (secondary N) is 1. The topological polar surface area (TPSA) is 61.3 Å². The molecule has 122 valence electrons. The van der Waals surface area contributed by atoms with Crippen LogP contribution < -0.4 is 5.32 Å². The number of aliphatic hydroxyl groups is 1. The van der Waals surface area contributed by atoms with Crippen molar-refractivity contribution in [3.8, 4) is 0 Å². The molecular weight excluding hydrogens is 308 g/mol. The Balaban J connectivity index is 1.36. The summed E-state index contributed by atoms with van der Waals surface area (Å²) in [5.41, 5.74) is 1.25. The van der Waals surface area contributed by atoms with Crippen molar-refractivity contribution >= 4 is 11.3 Å². The Kier molecular flexibility index (Phi) is 4.39. The van der Waals surface area contributed by atoms with E-state index in [0.717, 1.165) is 42.6 Å². The fraction of sp³-hybridized carbons (Fsp3) is 0.529. The average Bonchev–Trinajstić information content (AvgIpc) is 2.94. The first-order valence-electron chi connectivity index (χ1n) is 8.28. The first kappa shape index (κ1) is 15.2. The zero-order chi connectivity index (χ0) is 15.6. The maximum Gasteiger partial charge on any atom is 0.131 e. The molecule has 1 aromatic heterocycles. The SMILES string of the molecule is O[C@@H]1CN(Cc2nnc(C3CNC3)s2)CC[C@H]1c1ccccc1. The quantitative estimate of drug-likeness (QED) is 0.891. The number of piperidine rings is 1. The molecule has 23 heavy (non-hydrogen) atoms. The highest BCUT2D eigenvalue weighted by Gasteiger charge is 2.29. The Morgan fingerprint density at radius 2 is 2.04 bits per heavy atom. The fourth-order valence-corrected chi connectivity index (χ4v) is 4.36. The van der Waals surface area contributed by atoms with Crippen molar-refractivity contribution in [1.29, 1.82) is 0 Å². The molecule has 2 atom stereocenters. The summed E-state index contributed by atoms with van der Waals surface area (Å²) >= 11 is 1.72. The van der Waals surface area contributed by atoms with E-state index in [0.29, 0.717) is 12.5 Å². The van der Waals surface area contributed by atoms with Gasteiger partial charge in [-0.2, -0.15) is 0 Å². The normalized spacial score (nSPS) is 26.1. The second kappa shape index (κ2) is 6.65. The fourth-order valence-electron chi connectivity index (χ4n) is 3.38. The second-order valence-electron chi connectivity index (χ2n) is 6.50. The van der Waals surface area contributed by atoms with E-state index >= 15 is 0 Å². The summed E-state index contributed by atoms with van der Waals surface area (Å²) in [7, 11) is 0. The molecule has 0 bridgehead atoms. The molecule has 2 saturated heterocycles. The van der Waals surface area contributed by atoms with Crippen LogP contribution >= 0.6 is 11.3 Å². The molecule has 0 radical (unpaired) electrons. The smallest absolute Gasteiger partial charge is 0.131 e. The molecular formula is C17H22N4OS. The summed E-state index contributed by atoms with van der Waals surface area (Å²) in [6.45, 7) is 4.55. The van der Waals surface area contributed by atoms with E-state index in [9.17, 15) is 5.11 Å². The van der Waals surface area contributed by atoms with Crippen molar-refractivity contribution < 1.29 is 5.11 Å². The molecule has 2 aliphatic heterocycles. The molecule has 2 aliphatic rings. The van der Waals surface area contributed by atoms with Gasteiger partial charge in [-0.25, -0.2) is 0 Å². The number of rotatable bonds is 4. The van der Waals surface area contributed by atoms with Gasteiger partial charge in [0.1, 0.15) is 10.0 Å². The lowest BCUT2D eigenvalue weighted by molar-refractivity contribution is 0.0475. The first-order chi connectivity index (χ1) is 11.3. The van der Waals surface area contributed by atoms with E-state index in [2.05, 4.69) is 32.5 Å². The Bertz CT molecular complexity index is 643. The molecule has 3 heterocycles. The van der Waals surface area contributed by atoms with Crippen LogP contribution in [0.15, 0.2) is 30.3 Å².